The zero-order valence-corrected chi connectivity index (χ0v) is 6.69. The number of nitrogens with zero attached hydrogens (tertiary/aromatic N) is 3. The van der Waals surface area contributed by atoms with Gasteiger partial charge in [-0.3, -0.25) is 0 Å². The van der Waals surface area contributed by atoms with Gasteiger partial charge in [0.2, 0.25) is 0 Å². The molecule has 0 unspecified atom stereocenters. The smallest absolute Gasteiger partial charge is 0.197 e. The minimum atomic E-state index is -0.536. The Morgan fingerprint density at radius 3 is 1.82 bits per heavy atom. The van der Waals surface area contributed by atoms with Gasteiger partial charge >= 0.3 is 0 Å². The van der Waals surface area contributed by atoms with Crippen molar-refractivity contribution in [1.29, 1.82) is 0 Å². The molecule has 11 heavy (non-hydrogen) atoms. The lowest BCUT2D eigenvalue weighted by molar-refractivity contribution is 1.21. The van der Waals surface area contributed by atoms with Gasteiger partial charge in [-0.25, -0.2) is 4.98 Å². The number of nitrogens with two attached hydrogens (primary N) is 1. The Labute approximate surface area is 73.3 Å². The van der Waals surface area contributed by atoms with Gasteiger partial charge in [0.25, 0.3) is 0 Å². The molecule has 1 rings (SSSR count). The van der Waals surface area contributed by atoms with Crippen molar-refractivity contribution in [3.05, 3.63) is 10.0 Å². The maximum atomic E-state index is 8.86. The normalized spacial score (nSPS) is 10.0. The van der Waals surface area contributed by atoms with Crippen molar-refractivity contribution < 1.29 is 0 Å². The highest BCUT2D eigenvalue weighted by Gasteiger charge is 2.12. The second-order valence-corrected chi connectivity index (χ2v) is 2.56. The first-order chi connectivity index (χ1) is 5.04. The van der Waals surface area contributed by atoms with E-state index in [9.17, 15) is 0 Å². The van der Waals surface area contributed by atoms with Crippen molar-refractivity contribution in [2.24, 2.45) is 0 Å². The molecule has 1 aromatic heterocycles. The van der Waals surface area contributed by atoms with Gasteiger partial charge in [-0.15, -0.1) is 11.5 Å². The number of halogens is 2. The molecule has 4 nitrogen and oxygen atoms in total. The summed E-state index contributed by atoms with van der Waals surface area (Å²) in [6, 6.07) is 0. The molecule has 1 aromatic rings. The Bertz CT molecular complexity index is 273. The summed E-state index contributed by atoms with van der Waals surface area (Å²) < 4.78 is 0. The Balaban J connectivity index is 3.46. The third-order valence-electron chi connectivity index (χ3n) is 1.08. The Hall–Kier alpha value is -0.870. The van der Waals surface area contributed by atoms with Crippen LogP contribution >= 0.6 is 23.2 Å². The summed E-state index contributed by atoms with van der Waals surface area (Å²) in [5.74, 6) is -1.07. The summed E-state index contributed by atoms with van der Waals surface area (Å²) in [6.45, 7) is 0. The van der Waals surface area contributed by atoms with E-state index in [-0.39, 0.29) is 15.7 Å². The first-order valence-corrected chi connectivity index (χ1v) is 3.32. The highest BCUT2D eigenvalue weighted by Crippen LogP contribution is 2.35. The average molecular weight is 189 g/mol. The predicted molar refractivity (Wildman–Crippen MR) is 42.3 cm³/mol. The summed E-state index contributed by atoms with van der Waals surface area (Å²) in [7, 11) is 0. The number of rotatable bonds is 0. The lowest BCUT2D eigenvalue weighted by Crippen LogP contribution is -1.93. The first-order valence-electron chi connectivity index (χ1n) is 2.56. The highest BCUT2D eigenvalue weighted by molar-refractivity contribution is 6.41. The molecule has 0 aliphatic carbocycles. The van der Waals surface area contributed by atoms with Gasteiger partial charge in [0.05, 0.1) is 5.69 Å². The molecule has 0 spiro atoms. The van der Waals surface area contributed by atoms with Crippen LogP contribution in [0.2, 0.25) is 10.0 Å². The molecule has 0 aromatic carbocycles. The van der Waals surface area contributed by atoms with E-state index >= 15 is 0 Å². The van der Waals surface area contributed by atoms with Gasteiger partial charge < -0.3 is 5.73 Å². The average Bonchev–Trinajstić information content (AvgIpc) is 1.97. The standard InChI is InChI=1S/C5H2Cl2N4/c6-1-3(8)2(7)5(10)11-4(1)9/h(H2,8,11). The first kappa shape index (κ1) is 8.23. The Kier molecular flexibility index (Phi) is 1.97. The molecule has 0 saturated carbocycles. The molecule has 0 amide bonds. The zero-order chi connectivity index (χ0) is 8.59. The SMILES string of the molecule is [N]c1nc([N])c(Cl)c(N)c1Cl. The minimum Gasteiger partial charge on any atom is -0.396 e. The summed E-state index contributed by atoms with van der Waals surface area (Å²) in [6.07, 6.45) is 0. The van der Waals surface area contributed by atoms with Crippen LogP contribution in [0.15, 0.2) is 0 Å². The molecular formula is C5H2Cl2N4. The molecule has 0 fully saturated rings. The molecule has 2 N–H and O–H groups in total. The van der Waals surface area contributed by atoms with Crippen LogP contribution in [0, 0.1) is 0 Å². The van der Waals surface area contributed by atoms with Crippen LogP contribution in [0.3, 0.4) is 0 Å². The molecule has 6 heteroatoms. The molecule has 0 bridgehead atoms. The minimum absolute atomic E-state index is 0.0849. The zero-order valence-electron chi connectivity index (χ0n) is 5.17. The molecule has 0 aliphatic heterocycles. The second-order valence-electron chi connectivity index (χ2n) is 1.80. The number of pyridine rings is 1. The number of anilines is 1. The number of nitrogen functional groups attached to an aromatic ring is 1. The van der Waals surface area contributed by atoms with E-state index < -0.39 is 11.6 Å². The van der Waals surface area contributed by atoms with E-state index in [0.29, 0.717) is 0 Å². The van der Waals surface area contributed by atoms with Crippen LogP contribution in [0.25, 0.3) is 0 Å². The molecular weight excluding hydrogens is 187 g/mol. The summed E-state index contributed by atoms with van der Waals surface area (Å²) in [5.41, 5.74) is 22.9. The van der Waals surface area contributed by atoms with Gasteiger partial charge in [0, 0.05) is 0 Å². The van der Waals surface area contributed by atoms with Crippen molar-refractivity contribution in [3.63, 3.8) is 0 Å². The van der Waals surface area contributed by atoms with E-state index in [4.69, 9.17) is 40.4 Å². The van der Waals surface area contributed by atoms with E-state index in [0.717, 1.165) is 0 Å². The van der Waals surface area contributed by atoms with Crippen LogP contribution < -0.4 is 17.2 Å². The summed E-state index contributed by atoms with van der Waals surface area (Å²) in [5, 5.41) is -0.319. The fourth-order valence-corrected chi connectivity index (χ4v) is 0.858. The Morgan fingerprint density at radius 2 is 1.45 bits per heavy atom. The lowest BCUT2D eigenvalue weighted by Gasteiger charge is -2.01. The quantitative estimate of drug-likeness (QED) is 0.668. The Morgan fingerprint density at radius 1 is 1.09 bits per heavy atom. The maximum absolute atomic E-state index is 8.86. The highest BCUT2D eigenvalue weighted by atomic mass is 35.5. The topological polar surface area (TPSA) is 83.5 Å². The lowest BCUT2D eigenvalue weighted by atomic mass is 10.4. The largest absolute Gasteiger partial charge is 0.396 e. The van der Waals surface area contributed by atoms with Crippen molar-refractivity contribution in [2.75, 3.05) is 5.73 Å². The fraction of sp³-hybridized carbons (Fsp3) is 0. The predicted octanol–water partition coefficient (Wildman–Crippen LogP) is 1.37. The molecule has 0 atom stereocenters. The summed E-state index contributed by atoms with van der Waals surface area (Å²) in [4.78, 5) is 3.20. The molecule has 0 aliphatic rings. The van der Waals surface area contributed by atoms with Crippen LogP contribution in [0.1, 0.15) is 0 Å². The van der Waals surface area contributed by atoms with E-state index in [1.165, 1.54) is 0 Å². The van der Waals surface area contributed by atoms with Crippen LogP contribution in [-0.2, 0) is 0 Å². The molecule has 0 saturated heterocycles. The summed E-state index contributed by atoms with van der Waals surface area (Å²) >= 11 is 10.8. The third kappa shape index (κ3) is 1.27. The van der Waals surface area contributed by atoms with Crippen LogP contribution in [0.5, 0.6) is 0 Å². The van der Waals surface area contributed by atoms with E-state index in [1.54, 1.807) is 0 Å². The van der Waals surface area contributed by atoms with Crippen molar-refractivity contribution in [2.45, 2.75) is 0 Å². The van der Waals surface area contributed by atoms with Gasteiger partial charge in [-0.05, 0) is 0 Å². The maximum Gasteiger partial charge on any atom is 0.197 e. The third-order valence-corrected chi connectivity index (χ3v) is 1.82. The fourth-order valence-electron chi connectivity index (χ4n) is 0.536. The monoisotopic (exact) mass is 188 g/mol. The van der Waals surface area contributed by atoms with E-state index in [2.05, 4.69) is 4.98 Å². The van der Waals surface area contributed by atoms with Gasteiger partial charge in [0.15, 0.2) is 11.6 Å². The number of aromatic nitrogens is 1. The van der Waals surface area contributed by atoms with Gasteiger partial charge in [-0.2, -0.15) is 0 Å². The molecule has 56 valence electrons. The van der Waals surface area contributed by atoms with Crippen molar-refractivity contribution in [1.82, 2.24) is 16.5 Å². The molecule has 4 radical (unpaired) electrons. The van der Waals surface area contributed by atoms with E-state index in [1.807, 2.05) is 0 Å². The van der Waals surface area contributed by atoms with Crippen molar-refractivity contribution >= 4 is 40.5 Å². The second kappa shape index (κ2) is 2.64. The van der Waals surface area contributed by atoms with Crippen molar-refractivity contribution in [3.8, 4) is 0 Å². The van der Waals surface area contributed by atoms with Crippen LogP contribution in [-0.4, -0.2) is 4.98 Å². The number of hydrogen-bond acceptors (Lipinski definition) is 2. The van der Waals surface area contributed by atoms with Crippen LogP contribution in [0.4, 0.5) is 17.3 Å². The number of hydrogen-bond donors (Lipinski definition) is 1. The van der Waals surface area contributed by atoms with Gasteiger partial charge in [0.1, 0.15) is 10.0 Å². The van der Waals surface area contributed by atoms with Gasteiger partial charge in [-0.1, -0.05) is 23.2 Å². The molecule has 1 heterocycles.